The van der Waals surface area contributed by atoms with Crippen LogP contribution in [-0.4, -0.2) is 29.7 Å². The van der Waals surface area contributed by atoms with Gasteiger partial charge in [-0.2, -0.15) is 0 Å². The summed E-state index contributed by atoms with van der Waals surface area (Å²) in [5.74, 6) is 0.559. The maximum atomic E-state index is 12.4. The molecular formula is C24H24N4O5S. The number of carbonyl (C=O) groups is 2. The second-order valence-corrected chi connectivity index (χ2v) is 8.26. The van der Waals surface area contributed by atoms with E-state index in [9.17, 15) is 19.7 Å². The fourth-order valence-electron chi connectivity index (χ4n) is 3.07. The number of para-hydroxylation sites is 1. The van der Waals surface area contributed by atoms with Gasteiger partial charge in [-0.1, -0.05) is 30.3 Å². The van der Waals surface area contributed by atoms with Crippen molar-refractivity contribution in [3.63, 3.8) is 0 Å². The molecule has 0 aliphatic carbocycles. The number of urea groups is 1. The van der Waals surface area contributed by atoms with Crippen LogP contribution in [-0.2, 0) is 10.5 Å². The lowest BCUT2D eigenvalue weighted by Gasteiger charge is -2.12. The van der Waals surface area contributed by atoms with Crippen molar-refractivity contribution < 1.29 is 19.2 Å². The van der Waals surface area contributed by atoms with Crippen molar-refractivity contribution in [2.45, 2.75) is 12.7 Å². The SMILES string of the molecule is COc1ccc(CSCC(=O)Nc2cc(NC(=O)Nc3ccccc3)ccc2C)cc1[N+](=O)[O-]. The zero-order chi connectivity index (χ0) is 24.5. The van der Waals surface area contributed by atoms with Crippen LogP contribution in [0.1, 0.15) is 11.1 Å². The van der Waals surface area contributed by atoms with Gasteiger partial charge in [-0.05, 0) is 48.4 Å². The zero-order valence-corrected chi connectivity index (χ0v) is 19.5. The van der Waals surface area contributed by atoms with Gasteiger partial charge in [0.2, 0.25) is 5.91 Å². The van der Waals surface area contributed by atoms with Crippen LogP contribution in [0.2, 0.25) is 0 Å². The van der Waals surface area contributed by atoms with Gasteiger partial charge in [0, 0.05) is 28.9 Å². The summed E-state index contributed by atoms with van der Waals surface area (Å²) in [5.41, 5.74) is 3.24. The first-order valence-electron chi connectivity index (χ1n) is 10.3. The standard InChI is InChI=1S/C24H24N4O5S/c1-16-8-10-19(26-24(30)25-18-6-4-3-5-7-18)13-20(16)27-23(29)15-34-14-17-9-11-22(33-2)21(12-17)28(31)32/h3-13H,14-15H2,1-2H3,(H,27,29)(H2,25,26,30). The van der Waals surface area contributed by atoms with Crippen LogP contribution in [0.4, 0.5) is 27.5 Å². The molecule has 0 saturated carbocycles. The van der Waals surface area contributed by atoms with Crippen LogP contribution in [0.5, 0.6) is 5.75 Å². The van der Waals surface area contributed by atoms with E-state index >= 15 is 0 Å². The van der Waals surface area contributed by atoms with Crippen LogP contribution in [0.25, 0.3) is 0 Å². The van der Waals surface area contributed by atoms with Crippen molar-refractivity contribution >= 4 is 46.4 Å². The van der Waals surface area contributed by atoms with Crippen LogP contribution < -0.4 is 20.7 Å². The molecule has 3 amide bonds. The number of benzene rings is 3. The van der Waals surface area contributed by atoms with E-state index in [2.05, 4.69) is 16.0 Å². The van der Waals surface area contributed by atoms with Crippen molar-refractivity contribution in [2.75, 3.05) is 28.8 Å². The molecular weight excluding hydrogens is 456 g/mol. The molecule has 0 fully saturated rings. The van der Waals surface area contributed by atoms with E-state index < -0.39 is 11.0 Å². The molecule has 34 heavy (non-hydrogen) atoms. The summed E-state index contributed by atoms with van der Waals surface area (Å²) in [7, 11) is 1.38. The molecule has 9 nitrogen and oxygen atoms in total. The molecule has 3 aromatic rings. The van der Waals surface area contributed by atoms with E-state index in [1.807, 2.05) is 25.1 Å². The predicted molar refractivity (Wildman–Crippen MR) is 135 cm³/mol. The first-order chi connectivity index (χ1) is 16.4. The fraction of sp³-hybridized carbons (Fsp3) is 0.167. The Bertz CT molecular complexity index is 1190. The molecule has 0 bridgehead atoms. The number of aryl methyl sites for hydroxylation is 1. The summed E-state index contributed by atoms with van der Waals surface area (Å²) in [6, 6.07) is 18.6. The lowest BCUT2D eigenvalue weighted by Crippen LogP contribution is -2.20. The smallest absolute Gasteiger partial charge is 0.323 e. The Hall–Kier alpha value is -4.05. The minimum absolute atomic E-state index is 0.110. The van der Waals surface area contributed by atoms with E-state index in [0.717, 1.165) is 11.1 Å². The molecule has 0 saturated heterocycles. The zero-order valence-electron chi connectivity index (χ0n) is 18.7. The molecule has 0 radical (unpaired) electrons. The summed E-state index contributed by atoms with van der Waals surface area (Å²) in [6.45, 7) is 1.85. The number of amides is 3. The average molecular weight is 481 g/mol. The van der Waals surface area contributed by atoms with Gasteiger partial charge in [-0.3, -0.25) is 14.9 Å². The van der Waals surface area contributed by atoms with Crippen molar-refractivity contribution in [3.05, 3.63) is 88.0 Å². The van der Waals surface area contributed by atoms with Crippen molar-refractivity contribution in [2.24, 2.45) is 0 Å². The summed E-state index contributed by atoms with van der Waals surface area (Å²) in [5, 5.41) is 19.5. The third-order valence-corrected chi connectivity index (χ3v) is 5.75. The molecule has 0 spiro atoms. The highest BCUT2D eigenvalue weighted by atomic mass is 32.2. The molecule has 0 aliphatic rings. The van der Waals surface area contributed by atoms with E-state index in [-0.39, 0.29) is 23.1 Å². The first-order valence-corrected chi connectivity index (χ1v) is 11.4. The van der Waals surface area contributed by atoms with Gasteiger partial charge in [-0.25, -0.2) is 4.79 Å². The second-order valence-electron chi connectivity index (χ2n) is 7.28. The van der Waals surface area contributed by atoms with Crippen molar-refractivity contribution in [1.29, 1.82) is 0 Å². The second kappa shape index (κ2) is 11.7. The van der Waals surface area contributed by atoms with Crippen LogP contribution in [0.15, 0.2) is 66.7 Å². The number of methoxy groups -OCH3 is 1. The fourth-order valence-corrected chi connectivity index (χ4v) is 3.84. The Balaban J connectivity index is 1.54. The van der Waals surface area contributed by atoms with Gasteiger partial charge in [0.1, 0.15) is 0 Å². The number of nitro benzene ring substituents is 1. The summed E-state index contributed by atoms with van der Waals surface area (Å²) in [4.78, 5) is 35.3. The summed E-state index contributed by atoms with van der Waals surface area (Å²) < 4.78 is 5.00. The average Bonchev–Trinajstić information content (AvgIpc) is 2.81. The number of nitro groups is 1. The number of carbonyl (C=O) groups excluding carboxylic acids is 2. The van der Waals surface area contributed by atoms with Crippen molar-refractivity contribution in [3.8, 4) is 5.75 Å². The molecule has 3 rings (SSSR count). The number of nitrogens with one attached hydrogen (secondary N) is 3. The number of ether oxygens (including phenoxy) is 1. The molecule has 0 heterocycles. The summed E-state index contributed by atoms with van der Waals surface area (Å²) >= 11 is 1.33. The highest BCUT2D eigenvalue weighted by Gasteiger charge is 2.15. The Morgan fingerprint density at radius 1 is 0.971 bits per heavy atom. The van der Waals surface area contributed by atoms with Gasteiger partial charge in [-0.15, -0.1) is 11.8 Å². The molecule has 0 aliphatic heterocycles. The molecule has 10 heteroatoms. The van der Waals surface area contributed by atoms with Crippen LogP contribution >= 0.6 is 11.8 Å². The topological polar surface area (TPSA) is 123 Å². The number of thioether (sulfide) groups is 1. The van der Waals surface area contributed by atoms with Crippen molar-refractivity contribution in [1.82, 2.24) is 0 Å². The third kappa shape index (κ3) is 6.97. The number of rotatable bonds is 9. The maximum absolute atomic E-state index is 12.4. The van der Waals surface area contributed by atoms with Gasteiger partial charge >= 0.3 is 11.7 Å². The normalized spacial score (nSPS) is 10.3. The largest absolute Gasteiger partial charge is 0.490 e. The molecule has 0 aromatic heterocycles. The maximum Gasteiger partial charge on any atom is 0.323 e. The molecule has 3 aromatic carbocycles. The number of hydrogen-bond donors (Lipinski definition) is 3. The van der Waals surface area contributed by atoms with E-state index in [1.54, 1.807) is 42.5 Å². The van der Waals surface area contributed by atoms with Gasteiger partial charge in [0.25, 0.3) is 0 Å². The molecule has 176 valence electrons. The Labute approximate surface area is 201 Å². The highest BCUT2D eigenvalue weighted by molar-refractivity contribution is 7.99. The minimum atomic E-state index is -0.496. The van der Waals surface area contributed by atoms with E-state index in [1.165, 1.54) is 24.9 Å². The minimum Gasteiger partial charge on any atom is -0.490 e. The van der Waals surface area contributed by atoms with Crippen LogP contribution in [0.3, 0.4) is 0 Å². The van der Waals surface area contributed by atoms with Gasteiger partial charge < -0.3 is 20.7 Å². The predicted octanol–water partition coefficient (Wildman–Crippen LogP) is 5.43. The molecule has 3 N–H and O–H groups in total. The monoisotopic (exact) mass is 480 g/mol. The Kier molecular flexibility index (Phi) is 8.47. The number of hydrogen-bond acceptors (Lipinski definition) is 6. The third-order valence-electron chi connectivity index (χ3n) is 4.74. The Morgan fingerprint density at radius 2 is 1.71 bits per heavy atom. The number of nitrogens with zero attached hydrogens (tertiary/aromatic N) is 1. The lowest BCUT2D eigenvalue weighted by molar-refractivity contribution is -0.385. The van der Waals surface area contributed by atoms with Crippen LogP contribution in [0, 0.1) is 17.0 Å². The van der Waals surface area contributed by atoms with Gasteiger partial charge in [0.05, 0.1) is 17.8 Å². The van der Waals surface area contributed by atoms with E-state index in [4.69, 9.17) is 4.74 Å². The first kappa shape index (κ1) is 24.6. The Morgan fingerprint density at radius 3 is 2.41 bits per heavy atom. The highest BCUT2D eigenvalue weighted by Crippen LogP contribution is 2.29. The van der Waals surface area contributed by atoms with E-state index in [0.29, 0.717) is 22.8 Å². The molecule has 0 unspecified atom stereocenters. The molecule has 0 atom stereocenters. The van der Waals surface area contributed by atoms with Gasteiger partial charge in [0.15, 0.2) is 5.75 Å². The number of anilines is 3. The quantitative estimate of drug-likeness (QED) is 0.277. The lowest BCUT2D eigenvalue weighted by atomic mass is 10.2. The summed E-state index contributed by atoms with van der Waals surface area (Å²) in [6.07, 6.45) is 0.